The van der Waals surface area contributed by atoms with Crippen molar-refractivity contribution in [2.75, 3.05) is 12.3 Å². The largest absolute Gasteiger partial charge is 0.491 e. The fourth-order valence-corrected chi connectivity index (χ4v) is 4.54. The Labute approximate surface area is 196 Å². The van der Waals surface area contributed by atoms with Crippen LogP contribution in [-0.2, 0) is 11.2 Å². The first-order valence-corrected chi connectivity index (χ1v) is 12.0. The zero-order valence-corrected chi connectivity index (χ0v) is 20.3. The molecule has 1 aliphatic rings. The minimum Gasteiger partial charge on any atom is -0.491 e. The number of nitrogens with two attached hydrogens (primary N) is 1. The number of rotatable bonds is 7. The van der Waals surface area contributed by atoms with Crippen LogP contribution in [0.3, 0.4) is 0 Å². The van der Waals surface area contributed by atoms with Crippen LogP contribution >= 0.6 is 0 Å². The highest BCUT2D eigenvalue weighted by atomic mass is 16.5. The molecule has 3 rings (SSSR count). The molecule has 0 radical (unpaired) electrons. The van der Waals surface area contributed by atoms with Gasteiger partial charge in [-0.2, -0.15) is 0 Å². The second-order valence-corrected chi connectivity index (χ2v) is 9.78. The number of nitrogen functional groups attached to an aromatic ring is 1. The van der Waals surface area contributed by atoms with Gasteiger partial charge in [0.2, 0.25) is 5.91 Å². The van der Waals surface area contributed by atoms with Gasteiger partial charge in [-0.1, -0.05) is 45.1 Å². The molecule has 4 N–H and O–H groups in total. The Kier molecular flexibility index (Phi) is 7.82. The van der Waals surface area contributed by atoms with E-state index in [9.17, 15) is 14.7 Å². The molecule has 1 fully saturated rings. The lowest BCUT2D eigenvalue weighted by atomic mass is 9.91. The second-order valence-electron chi connectivity index (χ2n) is 9.78. The molecule has 1 aromatic heterocycles. The monoisotopic (exact) mass is 455 g/mol. The highest BCUT2D eigenvalue weighted by molar-refractivity contribution is 6.07. The number of benzene rings is 1. The molecule has 1 aromatic carbocycles. The SMILES string of the molecule is CCc1ccc2nc(C)c(C(=O)O)c(N)c2c1OCC(C)(C)C(=O)NC1CCCCCCC1. The summed E-state index contributed by atoms with van der Waals surface area (Å²) in [5, 5.41) is 13.4. The van der Waals surface area contributed by atoms with E-state index in [0.29, 0.717) is 28.8 Å². The summed E-state index contributed by atoms with van der Waals surface area (Å²) < 4.78 is 6.24. The standard InChI is InChI=1S/C26H37N3O4/c1-5-17-13-14-19-21(22(27)20(24(30)31)16(2)28-19)23(17)33-15-26(3,4)25(32)29-18-11-9-7-6-8-10-12-18/h13-14,18H,5-12,15H2,1-4H3,(H2,27,28)(H,29,32)(H,30,31). The highest BCUT2D eigenvalue weighted by Crippen LogP contribution is 2.37. The van der Waals surface area contributed by atoms with Gasteiger partial charge in [-0.05, 0) is 51.7 Å². The van der Waals surface area contributed by atoms with E-state index >= 15 is 0 Å². The molecule has 0 spiro atoms. The number of aromatic carboxylic acids is 1. The molecular formula is C26H37N3O4. The molecule has 180 valence electrons. The lowest BCUT2D eigenvalue weighted by Crippen LogP contribution is -2.45. The van der Waals surface area contributed by atoms with Crippen molar-refractivity contribution in [1.29, 1.82) is 0 Å². The number of ether oxygens (including phenoxy) is 1. The molecule has 1 amide bonds. The van der Waals surface area contributed by atoms with Gasteiger partial charge in [0.25, 0.3) is 0 Å². The molecule has 1 aliphatic carbocycles. The quantitative estimate of drug-likeness (QED) is 0.540. The minimum atomic E-state index is -1.12. The van der Waals surface area contributed by atoms with Crippen molar-refractivity contribution in [1.82, 2.24) is 10.3 Å². The molecule has 1 saturated carbocycles. The van der Waals surface area contributed by atoms with Crippen LogP contribution in [0.5, 0.6) is 5.75 Å². The summed E-state index contributed by atoms with van der Waals surface area (Å²) >= 11 is 0. The summed E-state index contributed by atoms with van der Waals surface area (Å²) in [6.07, 6.45) is 8.75. The average molecular weight is 456 g/mol. The number of carboxylic acids is 1. The Balaban J connectivity index is 1.86. The number of amides is 1. The van der Waals surface area contributed by atoms with Crippen molar-refractivity contribution in [3.8, 4) is 5.75 Å². The van der Waals surface area contributed by atoms with E-state index in [2.05, 4.69) is 10.3 Å². The number of hydrogen-bond donors (Lipinski definition) is 3. The molecule has 0 bridgehead atoms. The van der Waals surface area contributed by atoms with E-state index in [-0.39, 0.29) is 29.8 Å². The molecule has 1 heterocycles. The topological polar surface area (TPSA) is 115 Å². The van der Waals surface area contributed by atoms with Crippen LogP contribution in [0.25, 0.3) is 10.9 Å². The molecule has 7 nitrogen and oxygen atoms in total. The number of pyridine rings is 1. The van der Waals surface area contributed by atoms with Crippen LogP contribution in [0.1, 0.15) is 87.3 Å². The third kappa shape index (κ3) is 5.57. The number of carbonyl (C=O) groups excluding carboxylic acids is 1. The van der Waals surface area contributed by atoms with E-state index in [1.807, 2.05) is 32.9 Å². The van der Waals surface area contributed by atoms with Gasteiger partial charge in [0, 0.05) is 6.04 Å². The van der Waals surface area contributed by atoms with Crippen LogP contribution in [0.4, 0.5) is 5.69 Å². The summed E-state index contributed by atoms with van der Waals surface area (Å²) in [7, 11) is 0. The van der Waals surface area contributed by atoms with Gasteiger partial charge < -0.3 is 20.9 Å². The highest BCUT2D eigenvalue weighted by Gasteiger charge is 2.31. The zero-order valence-electron chi connectivity index (χ0n) is 20.3. The Hall–Kier alpha value is -2.83. The first-order valence-electron chi connectivity index (χ1n) is 12.0. The van der Waals surface area contributed by atoms with Crippen LogP contribution in [0, 0.1) is 12.3 Å². The van der Waals surface area contributed by atoms with Gasteiger partial charge in [0.05, 0.1) is 27.7 Å². The summed E-state index contributed by atoms with van der Waals surface area (Å²) in [6, 6.07) is 3.97. The Morgan fingerprint density at radius 1 is 1.18 bits per heavy atom. The van der Waals surface area contributed by atoms with Gasteiger partial charge in [-0.3, -0.25) is 9.78 Å². The minimum absolute atomic E-state index is 0.0121. The number of hydrogen-bond acceptors (Lipinski definition) is 5. The van der Waals surface area contributed by atoms with Gasteiger partial charge in [0.1, 0.15) is 17.9 Å². The van der Waals surface area contributed by atoms with Crippen molar-refractivity contribution < 1.29 is 19.4 Å². The number of fused-ring (bicyclic) bond motifs is 1. The van der Waals surface area contributed by atoms with Gasteiger partial charge >= 0.3 is 5.97 Å². The number of carboxylic acid groups (broad SMARTS) is 1. The van der Waals surface area contributed by atoms with Crippen molar-refractivity contribution in [3.05, 3.63) is 29.0 Å². The van der Waals surface area contributed by atoms with E-state index in [1.165, 1.54) is 19.3 Å². The average Bonchev–Trinajstić information content (AvgIpc) is 2.73. The molecule has 7 heteroatoms. The first kappa shape index (κ1) is 24.8. The smallest absolute Gasteiger partial charge is 0.339 e. The molecule has 33 heavy (non-hydrogen) atoms. The van der Waals surface area contributed by atoms with Crippen molar-refractivity contribution in [2.45, 2.75) is 85.1 Å². The fraction of sp³-hybridized carbons (Fsp3) is 0.577. The van der Waals surface area contributed by atoms with E-state index in [1.54, 1.807) is 6.92 Å². The van der Waals surface area contributed by atoms with E-state index < -0.39 is 11.4 Å². The predicted octanol–water partition coefficient (Wildman–Crippen LogP) is 5.02. The number of aromatic nitrogens is 1. The van der Waals surface area contributed by atoms with Crippen LogP contribution in [0.15, 0.2) is 12.1 Å². The lowest BCUT2D eigenvalue weighted by Gasteiger charge is -2.29. The van der Waals surface area contributed by atoms with Crippen molar-refractivity contribution >= 4 is 28.5 Å². The molecule has 2 aromatic rings. The maximum absolute atomic E-state index is 13.1. The van der Waals surface area contributed by atoms with Gasteiger partial charge in [-0.15, -0.1) is 0 Å². The fourth-order valence-electron chi connectivity index (χ4n) is 4.54. The van der Waals surface area contributed by atoms with Crippen molar-refractivity contribution in [3.63, 3.8) is 0 Å². The van der Waals surface area contributed by atoms with Crippen LogP contribution in [-0.4, -0.2) is 34.6 Å². The second kappa shape index (κ2) is 10.4. The van der Waals surface area contributed by atoms with Gasteiger partial charge in [-0.25, -0.2) is 4.79 Å². The molecular weight excluding hydrogens is 418 g/mol. The van der Waals surface area contributed by atoms with E-state index in [4.69, 9.17) is 10.5 Å². The third-order valence-electron chi connectivity index (χ3n) is 6.63. The maximum Gasteiger partial charge on any atom is 0.339 e. The summed E-state index contributed by atoms with van der Waals surface area (Å²) in [5.41, 5.74) is 7.52. The van der Waals surface area contributed by atoms with Crippen molar-refractivity contribution in [2.24, 2.45) is 5.41 Å². The normalized spacial score (nSPS) is 15.6. The lowest BCUT2D eigenvalue weighted by molar-refractivity contribution is -0.131. The summed E-state index contributed by atoms with van der Waals surface area (Å²) in [5.74, 6) is -0.639. The summed E-state index contributed by atoms with van der Waals surface area (Å²) in [6.45, 7) is 7.52. The number of aryl methyl sites for hydroxylation is 2. The zero-order chi connectivity index (χ0) is 24.2. The number of anilines is 1. The van der Waals surface area contributed by atoms with Gasteiger partial charge in [0.15, 0.2) is 0 Å². The Morgan fingerprint density at radius 3 is 2.42 bits per heavy atom. The number of carbonyl (C=O) groups is 2. The van der Waals surface area contributed by atoms with Crippen LogP contribution < -0.4 is 15.8 Å². The van der Waals surface area contributed by atoms with E-state index in [0.717, 1.165) is 31.2 Å². The molecule has 0 saturated heterocycles. The van der Waals surface area contributed by atoms with Crippen LogP contribution in [0.2, 0.25) is 0 Å². The maximum atomic E-state index is 13.1. The Bertz CT molecular complexity index is 1020. The summed E-state index contributed by atoms with van der Waals surface area (Å²) in [4.78, 5) is 29.3. The predicted molar refractivity (Wildman–Crippen MR) is 131 cm³/mol. The Morgan fingerprint density at radius 2 is 1.82 bits per heavy atom. The number of nitrogens with one attached hydrogen (secondary N) is 1. The number of nitrogens with zero attached hydrogens (tertiary/aromatic N) is 1. The first-order chi connectivity index (χ1) is 15.7. The molecule has 0 unspecified atom stereocenters. The third-order valence-corrected chi connectivity index (χ3v) is 6.63. The molecule has 0 aliphatic heterocycles. The molecule has 0 atom stereocenters.